The molecule has 10 heteroatoms. The molecule has 3 N–H and O–H groups in total. The Kier molecular flexibility index (Phi) is 6.06. The Hall–Kier alpha value is -2.69. The van der Waals surface area contributed by atoms with E-state index in [1.807, 2.05) is 11.5 Å². The highest BCUT2D eigenvalue weighted by Crippen LogP contribution is 2.26. The topological polar surface area (TPSA) is 124 Å². The number of imidazole rings is 1. The summed E-state index contributed by atoms with van der Waals surface area (Å²) < 4.78 is 25.0. The molecule has 0 radical (unpaired) electrons. The number of anilines is 1. The van der Waals surface area contributed by atoms with E-state index in [0.717, 1.165) is 5.52 Å². The first kappa shape index (κ1) is 21.0. The number of nitrogens with two attached hydrogens (primary N) is 1. The summed E-state index contributed by atoms with van der Waals surface area (Å²) >= 11 is 1.23. The molecule has 1 aromatic heterocycles. The lowest BCUT2D eigenvalue weighted by Crippen LogP contribution is -2.16. The van der Waals surface area contributed by atoms with Crippen LogP contribution in [0.2, 0.25) is 0 Å². The molecule has 0 aliphatic heterocycles. The van der Waals surface area contributed by atoms with Crippen LogP contribution in [-0.4, -0.2) is 35.4 Å². The van der Waals surface area contributed by atoms with Gasteiger partial charge in [-0.1, -0.05) is 23.9 Å². The van der Waals surface area contributed by atoms with Gasteiger partial charge in [-0.25, -0.2) is 18.5 Å². The number of thioether (sulfide) groups is 1. The van der Waals surface area contributed by atoms with Crippen LogP contribution in [0.1, 0.15) is 24.2 Å². The first-order chi connectivity index (χ1) is 13.7. The molecule has 152 valence electrons. The maximum absolute atomic E-state index is 12.4. The number of sulfonamides is 1. The Bertz CT molecular complexity index is 1200. The van der Waals surface area contributed by atoms with Crippen molar-refractivity contribution in [3.05, 3.63) is 48.0 Å². The van der Waals surface area contributed by atoms with Crippen LogP contribution in [0.3, 0.4) is 0 Å². The standard InChI is InChI=1S/C19H20N4O4S2/c1-3-23-17-9-8-13(29(20,26)27)10-16(17)22-19(23)28-11-18(25)21-15-7-5-4-6-14(15)12(2)24/h4-10H,3,11H2,1-2H3,(H,21,25)(H2,20,26,27). The van der Waals surface area contributed by atoms with Gasteiger partial charge < -0.3 is 9.88 Å². The zero-order valence-electron chi connectivity index (χ0n) is 15.9. The minimum absolute atomic E-state index is 0.0131. The number of hydrogen-bond donors (Lipinski definition) is 2. The van der Waals surface area contributed by atoms with Gasteiger partial charge in [-0.05, 0) is 44.2 Å². The summed E-state index contributed by atoms with van der Waals surface area (Å²) in [5.74, 6) is -0.326. The molecule has 0 saturated heterocycles. The van der Waals surface area contributed by atoms with Crippen LogP contribution in [0, 0.1) is 0 Å². The van der Waals surface area contributed by atoms with E-state index in [9.17, 15) is 18.0 Å². The summed E-state index contributed by atoms with van der Waals surface area (Å²) in [5, 5.41) is 8.52. The number of primary sulfonamides is 1. The number of amides is 1. The van der Waals surface area contributed by atoms with E-state index in [-0.39, 0.29) is 22.3 Å². The van der Waals surface area contributed by atoms with Crippen molar-refractivity contribution in [2.24, 2.45) is 5.14 Å². The Morgan fingerprint density at radius 3 is 2.59 bits per heavy atom. The third-order valence-electron chi connectivity index (χ3n) is 4.24. The molecular formula is C19H20N4O4S2. The van der Waals surface area contributed by atoms with Gasteiger partial charge in [0.15, 0.2) is 10.9 Å². The zero-order chi connectivity index (χ0) is 21.2. The molecule has 0 fully saturated rings. The number of benzene rings is 2. The van der Waals surface area contributed by atoms with E-state index >= 15 is 0 Å². The van der Waals surface area contributed by atoms with Gasteiger partial charge in [-0.3, -0.25) is 9.59 Å². The summed E-state index contributed by atoms with van der Waals surface area (Å²) in [6, 6.07) is 11.3. The van der Waals surface area contributed by atoms with Crippen LogP contribution in [0.5, 0.6) is 0 Å². The van der Waals surface area contributed by atoms with E-state index in [4.69, 9.17) is 5.14 Å². The lowest BCUT2D eigenvalue weighted by atomic mass is 10.1. The van der Waals surface area contributed by atoms with E-state index < -0.39 is 10.0 Å². The van der Waals surface area contributed by atoms with Gasteiger partial charge in [0.05, 0.1) is 27.4 Å². The number of nitrogens with zero attached hydrogens (tertiary/aromatic N) is 2. The number of para-hydroxylation sites is 1. The Balaban J connectivity index is 1.80. The smallest absolute Gasteiger partial charge is 0.238 e. The van der Waals surface area contributed by atoms with Gasteiger partial charge in [0.25, 0.3) is 0 Å². The summed E-state index contributed by atoms with van der Waals surface area (Å²) in [7, 11) is -3.82. The molecule has 0 saturated carbocycles. The molecule has 0 spiro atoms. The van der Waals surface area contributed by atoms with Gasteiger partial charge in [-0.15, -0.1) is 0 Å². The number of carbonyl (C=O) groups excluding carboxylic acids is 2. The lowest BCUT2D eigenvalue weighted by Gasteiger charge is -2.09. The molecule has 3 aromatic rings. The molecule has 0 aliphatic carbocycles. The predicted octanol–water partition coefficient (Wildman–Crippen LogP) is 2.64. The number of carbonyl (C=O) groups is 2. The molecule has 3 rings (SSSR count). The number of fused-ring (bicyclic) bond motifs is 1. The summed E-state index contributed by atoms with van der Waals surface area (Å²) in [6.45, 7) is 3.98. The lowest BCUT2D eigenvalue weighted by molar-refractivity contribution is -0.113. The summed E-state index contributed by atoms with van der Waals surface area (Å²) in [6.07, 6.45) is 0. The van der Waals surface area contributed by atoms with E-state index in [1.54, 1.807) is 30.3 Å². The van der Waals surface area contributed by atoms with E-state index in [1.165, 1.54) is 30.8 Å². The number of hydrogen-bond acceptors (Lipinski definition) is 6. The minimum Gasteiger partial charge on any atom is -0.325 e. The van der Waals surface area contributed by atoms with Crippen molar-refractivity contribution in [3.8, 4) is 0 Å². The molecule has 0 aliphatic rings. The van der Waals surface area contributed by atoms with Crippen LogP contribution in [0.25, 0.3) is 11.0 Å². The highest BCUT2D eigenvalue weighted by Gasteiger charge is 2.16. The first-order valence-corrected chi connectivity index (χ1v) is 11.3. The highest BCUT2D eigenvalue weighted by molar-refractivity contribution is 7.99. The van der Waals surface area contributed by atoms with Crippen LogP contribution >= 0.6 is 11.8 Å². The maximum Gasteiger partial charge on any atom is 0.238 e. The highest BCUT2D eigenvalue weighted by atomic mass is 32.2. The second-order valence-electron chi connectivity index (χ2n) is 6.27. The van der Waals surface area contributed by atoms with Crippen molar-refractivity contribution in [3.63, 3.8) is 0 Å². The SMILES string of the molecule is CCn1c(SCC(=O)Nc2ccccc2C(C)=O)nc2cc(S(N)(=O)=O)ccc21. The molecule has 0 atom stereocenters. The average Bonchev–Trinajstić information content (AvgIpc) is 3.02. The van der Waals surface area contributed by atoms with Crippen molar-refractivity contribution in [2.45, 2.75) is 30.4 Å². The quantitative estimate of drug-likeness (QED) is 0.437. The Morgan fingerprint density at radius 1 is 1.21 bits per heavy atom. The number of aryl methyl sites for hydroxylation is 1. The number of Topliss-reactive ketones (excluding diaryl/α,β-unsaturated/α-hetero) is 1. The predicted molar refractivity (Wildman–Crippen MR) is 113 cm³/mol. The second kappa shape index (κ2) is 8.36. The monoisotopic (exact) mass is 432 g/mol. The third-order valence-corrected chi connectivity index (χ3v) is 6.13. The largest absolute Gasteiger partial charge is 0.325 e. The van der Waals surface area contributed by atoms with E-state index in [0.29, 0.717) is 28.5 Å². The Labute approximate surface area is 172 Å². The number of rotatable bonds is 7. The maximum atomic E-state index is 12.4. The van der Waals surface area contributed by atoms with E-state index in [2.05, 4.69) is 10.3 Å². The fourth-order valence-corrected chi connectivity index (χ4v) is 4.31. The van der Waals surface area contributed by atoms with Gasteiger partial charge in [-0.2, -0.15) is 0 Å². The normalized spacial score (nSPS) is 11.6. The summed E-state index contributed by atoms with van der Waals surface area (Å²) in [5.41, 5.74) is 2.16. The van der Waals surface area contributed by atoms with Crippen molar-refractivity contribution in [1.82, 2.24) is 9.55 Å². The molecule has 0 bridgehead atoms. The van der Waals surface area contributed by atoms with Crippen LogP contribution in [-0.2, 0) is 21.4 Å². The summed E-state index contributed by atoms with van der Waals surface area (Å²) in [4.78, 5) is 28.5. The molecular weight excluding hydrogens is 412 g/mol. The molecule has 0 unspecified atom stereocenters. The van der Waals surface area contributed by atoms with Crippen LogP contribution < -0.4 is 10.5 Å². The number of ketones is 1. The van der Waals surface area contributed by atoms with Crippen molar-refractivity contribution in [2.75, 3.05) is 11.1 Å². The number of nitrogens with one attached hydrogen (secondary N) is 1. The minimum atomic E-state index is -3.82. The fraction of sp³-hybridized carbons (Fsp3) is 0.211. The fourth-order valence-electron chi connectivity index (χ4n) is 2.90. The molecule has 1 heterocycles. The van der Waals surface area contributed by atoms with Crippen LogP contribution in [0.15, 0.2) is 52.5 Å². The van der Waals surface area contributed by atoms with Gasteiger partial charge in [0, 0.05) is 12.1 Å². The second-order valence-corrected chi connectivity index (χ2v) is 8.78. The van der Waals surface area contributed by atoms with Gasteiger partial charge in [0.1, 0.15) is 0 Å². The van der Waals surface area contributed by atoms with Crippen LogP contribution in [0.4, 0.5) is 5.69 Å². The van der Waals surface area contributed by atoms with Gasteiger partial charge in [0.2, 0.25) is 15.9 Å². The van der Waals surface area contributed by atoms with Crippen molar-refractivity contribution < 1.29 is 18.0 Å². The first-order valence-electron chi connectivity index (χ1n) is 8.76. The molecule has 8 nitrogen and oxygen atoms in total. The zero-order valence-corrected chi connectivity index (χ0v) is 17.5. The Morgan fingerprint density at radius 2 is 1.93 bits per heavy atom. The van der Waals surface area contributed by atoms with Crippen molar-refractivity contribution >= 4 is 50.2 Å². The molecule has 2 aromatic carbocycles. The average molecular weight is 433 g/mol. The van der Waals surface area contributed by atoms with Crippen molar-refractivity contribution in [1.29, 1.82) is 0 Å². The number of aromatic nitrogens is 2. The third kappa shape index (κ3) is 4.66. The molecule has 1 amide bonds. The molecule has 29 heavy (non-hydrogen) atoms. The van der Waals surface area contributed by atoms with Gasteiger partial charge >= 0.3 is 0 Å².